The number of ether oxygens (including phenoxy) is 1. The molecule has 1 saturated heterocycles. The molecule has 1 N–H and O–H groups in total. The van der Waals surface area contributed by atoms with Crippen molar-refractivity contribution in [1.82, 2.24) is 5.32 Å². The topological polar surface area (TPSA) is 21.3 Å². The van der Waals surface area contributed by atoms with Crippen molar-refractivity contribution in [2.75, 3.05) is 6.54 Å². The summed E-state index contributed by atoms with van der Waals surface area (Å²) < 4.78 is 5.94. The lowest BCUT2D eigenvalue weighted by Gasteiger charge is -2.28. The van der Waals surface area contributed by atoms with Crippen LogP contribution in [0.3, 0.4) is 0 Å². The number of nitrogens with one attached hydrogen (secondary N) is 1. The van der Waals surface area contributed by atoms with Crippen LogP contribution in [-0.4, -0.2) is 17.9 Å². The second-order valence-corrected chi connectivity index (χ2v) is 5.04. The Balaban J connectivity index is 2.53. The fourth-order valence-corrected chi connectivity index (χ4v) is 1.97. The van der Waals surface area contributed by atoms with E-state index in [9.17, 15) is 0 Å². The molecule has 0 aromatic heterocycles. The van der Waals surface area contributed by atoms with Gasteiger partial charge in [-0.3, -0.25) is 5.32 Å². The van der Waals surface area contributed by atoms with E-state index in [1.807, 2.05) is 0 Å². The summed E-state index contributed by atoms with van der Waals surface area (Å²) in [7, 11) is 0. The molecule has 2 nitrogen and oxygen atoms in total. The van der Waals surface area contributed by atoms with E-state index in [2.05, 4.69) is 39.9 Å². The maximum atomic E-state index is 5.94. The Labute approximate surface area is 75.7 Å². The van der Waals surface area contributed by atoms with Crippen molar-refractivity contribution in [2.45, 2.75) is 52.4 Å². The summed E-state index contributed by atoms with van der Waals surface area (Å²) in [6, 6.07) is 0. The smallest absolute Gasteiger partial charge is 0.117 e. The van der Waals surface area contributed by atoms with Crippen LogP contribution in [-0.2, 0) is 4.74 Å². The van der Waals surface area contributed by atoms with Gasteiger partial charge in [0.2, 0.25) is 0 Å². The van der Waals surface area contributed by atoms with Crippen molar-refractivity contribution in [1.29, 1.82) is 0 Å². The van der Waals surface area contributed by atoms with Crippen LogP contribution >= 0.6 is 0 Å². The Morgan fingerprint density at radius 3 is 2.25 bits per heavy atom. The lowest BCUT2D eigenvalue weighted by molar-refractivity contribution is -0.0889. The van der Waals surface area contributed by atoms with Gasteiger partial charge >= 0.3 is 0 Å². The molecule has 0 radical (unpaired) electrons. The van der Waals surface area contributed by atoms with E-state index in [0.717, 1.165) is 13.0 Å². The van der Waals surface area contributed by atoms with Gasteiger partial charge in [-0.15, -0.1) is 0 Å². The highest BCUT2D eigenvalue weighted by atomic mass is 16.5. The highest BCUT2D eigenvalue weighted by molar-refractivity contribution is 4.89. The van der Waals surface area contributed by atoms with Gasteiger partial charge in [-0.25, -0.2) is 0 Å². The first kappa shape index (κ1) is 10.0. The lowest BCUT2D eigenvalue weighted by atomic mass is 10.0. The third-order valence-electron chi connectivity index (χ3n) is 2.19. The highest BCUT2D eigenvalue weighted by Gasteiger charge is 2.40. The molecule has 0 amide bonds. The third kappa shape index (κ3) is 2.46. The van der Waals surface area contributed by atoms with Crippen LogP contribution in [0.1, 0.15) is 41.0 Å². The van der Waals surface area contributed by atoms with Gasteiger partial charge in [0.15, 0.2) is 0 Å². The minimum absolute atomic E-state index is 0.00361. The lowest BCUT2D eigenvalue weighted by Crippen LogP contribution is -2.39. The second-order valence-electron chi connectivity index (χ2n) is 5.04. The van der Waals surface area contributed by atoms with Crippen LogP contribution in [0, 0.1) is 5.92 Å². The minimum Gasteiger partial charge on any atom is -0.354 e. The summed E-state index contributed by atoms with van der Waals surface area (Å²) in [6.07, 6.45) is 1.08. The molecule has 1 aliphatic rings. The van der Waals surface area contributed by atoms with Crippen LogP contribution in [0.15, 0.2) is 0 Å². The molecule has 1 aliphatic heterocycles. The fraction of sp³-hybridized carbons (Fsp3) is 1.00. The van der Waals surface area contributed by atoms with Gasteiger partial charge in [0, 0.05) is 6.54 Å². The molecule has 12 heavy (non-hydrogen) atoms. The zero-order valence-electron chi connectivity index (χ0n) is 8.90. The quantitative estimate of drug-likeness (QED) is 0.687. The average molecular weight is 171 g/mol. The van der Waals surface area contributed by atoms with Gasteiger partial charge in [0.05, 0.1) is 5.60 Å². The molecule has 0 saturated carbocycles. The van der Waals surface area contributed by atoms with E-state index in [4.69, 9.17) is 4.74 Å². The molecule has 0 aromatic carbocycles. The normalized spacial score (nSPS) is 34.5. The van der Waals surface area contributed by atoms with Crippen LogP contribution < -0.4 is 5.32 Å². The van der Waals surface area contributed by atoms with E-state index in [1.54, 1.807) is 0 Å². The van der Waals surface area contributed by atoms with Crippen molar-refractivity contribution in [3.63, 3.8) is 0 Å². The molecular weight excluding hydrogens is 150 g/mol. The Kier molecular flexibility index (Phi) is 2.50. The van der Waals surface area contributed by atoms with Crippen LogP contribution in [0.4, 0.5) is 0 Å². The Bertz CT molecular complexity index is 165. The predicted octanol–water partition coefficient (Wildman–Crippen LogP) is 2.15. The summed E-state index contributed by atoms with van der Waals surface area (Å²) in [5.74, 6) is 0.677. The maximum Gasteiger partial charge on any atom is 0.117 e. The SMILES string of the molecule is CC(C)CC1(C)NCC(C)(C)O1. The molecule has 2 heteroatoms. The zero-order valence-corrected chi connectivity index (χ0v) is 8.90. The van der Waals surface area contributed by atoms with Crippen molar-refractivity contribution >= 4 is 0 Å². The first-order valence-corrected chi connectivity index (χ1v) is 4.78. The molecule has 0 aliphatic carbocycles. The van der Waals surface area contributed by atoms with Crippen molar-refractivity contribution in [2.24, 2.45) is 5.92 Å². The van der Waals surface area contributed by atoms with Crippen LogP contribution in [0.25, 0.3) is 0 Å². The monoisotopic (exact) mass is 171 g/mol. The van der Waals surface area contributed by atoms with E-state index in [-0.39, 0.29) is 11.3 Å². The van der Waals surface area contributed by atoms with E-state index < -0.39 is 0 Å². The first-order chi connectivity index (χ1) is 5.33. The largest absolute Gasteiger partial charge is 0.354 e. The zero-order chi connectivity index (χ0) is 9.41. The molecule has 0 spiro atoms. The van der Waals surface area contributed by atoms with E-state index >= 15 is 0 Å². The first-order valence-electron chi connectivity index (χ1n) is 4.78. The molecule has 1 rings (SSSR count). The van der Waals surface area contributed by atoms with Gasteiger partial charge < -0.3 is 4.74 Å². The molecular formula is C10H21NO. The van der Waals surface area contributed by atoms with Crippen molar-refractivity contribution < 1.29 is 4.74 Å². The van der Waals surface area contributed by atoms with Crippen LogP contribution in [0.5, 0.6) is 0 Å². The van der Waals surface area contributed by atoms with Gasteiger partial charge in [-0.05, 0) is 33.1 Å². The molecule has 1 fully saturated rings. The molecule has 1 unspecified atom stereocenters. The van der Waals surface area contributed by atoms with Gasteiger partial charge in [0.1, 0.15) is 5.72 Å². The number of hydrogen-bond donors (Lipinski definition) is 1. The average Bonchev–Trinajstić information content (AvgIpc) is 2.03. The van der Waals surface area contributed by atoms with Gasteiger partial charge in [-0.2, -0.15) is 0 Å². The Hall–Kier alpha value is -0.0800. The molecule has 72 valence electrons. The van der Waals surface area contributed by atoms with E-state index in [0.29, 0.717) is 5.92 Å². The molecule has 0 bridgehead atoms. The fourth-order valence-electron chi connectivity index (χ4n) is 1.97. The van der Waals surface area contributed by atoms with E-state index in [1.165, 1.54) is 0 Å². The second kappa shape index (κ2) is 3.00. The van der Waals surface area contributed by atoms with Crippen LogP contribution in [0.2, 0.25) is 0 Å². The minimum atomic E-state index is -0.0995. The maximum absolute atomic E-state index is 5.94. The molecule has 0 aromatic rings. The molecule has 1 atom stereocenters. The summed E-state index contributed by atoms with van der Waals surface area (Å²) in [4.78, 5) is 0. The number of rotatable bonds is 2. The Morgan fingerprint density at radius 2 is 1.92 bits per heavy atom. The predicted molar refractivity (Wildman–Crippen MR) is 51.0 cm³/mol. The van der Waals surface area contributed by atoms with Gasteiger partial charge in [-0.1, -0.05) is 13.8 Å². The van der Waals surface area contributed by atoms with Crippen molar-refractivity contribution in [3.8, 4) is 0 Å². The summed E-state index contributed by atoms with van der Waals surface area (Å²) in [5.41, 5.74) is -0.0959. The Morgan fingerprint density at radius 1 is 1.33 bits per heavy atom. The van der Waals surface area contributed by atoms with Crippen molar-refractivity contribution in [3.05, 3.63) is 0 Å². The molecule has 1 heterocycles. The highest BCUT2D eigenvalue weighted by Crippen LogP contribution is 2.29. The number of hydrogen-bond acceptors (Lipinski definition) is 2. The summed E-state index contributed by atoms with van der Waals surface area (Å²) >= 11 is 0. The third-order valence-corrected chi connectivity index (χ3v) is 2.19. The summed E-state index contributed by atoms with van der Waals surface area (Å²) in [6.45, 7) is 11.8. The standard InChI is InChI=1S/C10H21NO/c1-8(2)6-10(5)11-7-9(3,4)12-10/h8,11H,6-7H2,1-5H3. The van der Waals surface area contributed by atoms with Gasteiger partial charge in [0.25, 0.3) is 0 Å². The summed E-state index contributed by atoms with van der Waals surface area (Å²) in [5, 5.41) is 3.43.